The third kappa shape index (κ3) is 3.86. The number of rotatable bonds is 4. The Morgan fingerprint density at radius 3 is 2.33 bits per heavy atom. The van der Waals surface area contributed by atoms with Crippen LogP contribution in [0.25, 0.3) is 0 Å². The number of aliphatic hydroxyl groups is 1. The van der Waals surface area contributed by atoms with Crippen molar-refractivity contribution in [3.8, 4) is 5.75 Å². The van der Waals surface area contributed by atoms with Crippen LogP contribution in [-0.4, -0.2) is 26.3 Å². The van der Waals surface area contributed by atoms with Crippen molar-refractivity contribution in [2.75, 3.05) is 12.8 Å². The van der Waals surface area contributed by atoms with Crippen molar-refractivity contribution >= 4 is 10.1 Å². The summed E-state index contributed by atoms with van der Waals surface area (Å²) in [5.74, 6) is 0.213. The summed E-state index contributed by atoms with van der Waals surface area (Å²) < 4.78 is 26.2. The topological polar surface area (TPSA) is 89.6 Å². The van der Waals surface area contributed by atoms with Crippen molar-refractivity contribution in [2.45, 2.75) is 6.10 Å². The largest absolute Gasteiger partial charge is 0.387 e. The Morgan fingerprint density at radius 2 is 1.93 bits per heavy atom. The van der Waals surface area contributed by atoms with Crippen molar-refractivity contribution in [3.63, 3.8) is 0 Å². The molecular formula is C9H13NO4S. The molecule has 6 heteroatoms. The lowest BCUT2D eigenvalue weighted by molar-refractivity contribution is 0.186. The van der Waals surface area contributed by atoms with E-state index in [0.717, 1.165) is 6.26 Å². The molecule has 84 valence electrons. The molecule has 0 aliphatic rings. The van der Waals surface area contributed by atoms with E-state index < -0.39 is 16.2 Å². The lowest BCUT2D eigenvalue weighted by Gasteiger charge is -2.08. The molecule has 0 saturated heterocycles. The van der Waals surface area contributed by atoms with Gasteiger partial charge in [-0.25, -0.2) is 0 Å². The first-order chi connectivity index (χ1) is 6.92. The predicted octanol–water partition coefficient (Wildman–Crippen LogP) is 0.0171. The van der Waals surface area contributed by atoms with E-state index in [2.05, 4.69) is 4.18 Å². The fraction of sp³-hybridized carbons (Fsp3) is 0.333. The van der Waals surface area contributed by atoms with E-state index in [-0.39, 0.29) is 12.3 Å². The van der Waals surface area contributed by atoms with Crippen molar-refractivity contribution in [1.29, 1.82) is 0 Å². The summed E-state index contributed by atoms with van der Waals surface area (Å²) in [7, 11) is -3.50. The predicted molar refractivity (Wildman–Crippen MR) is 55.9 cm³/mol. The monoisotopic (exact) mass is 231 g/mol. The molecule has 0 bridgehead atoms. The van der Waals surface area contributed by atoms with Gasteiger partial charge in [0.05, 0.1) is 12.4 Å². The summed E-state index contributed by atoms with van der Waals surface area (Å²) in [6.45, 7) is 0.117. The summed E-state index contributed by atoms with van der Waals surface area (Å²) in [5.41, 5.74) is 5.89. The Balaban J connectivity index is 2.81. The molecule has 0 amide bonds. The van der Waals surface area contributed by atoms with E-state index in [1.165, 1.54) is 12.1 Å². The summed E-state index contributed by atoms with van der Waals surface area (Å²) in [5, 5.41) is 9.37. The van der Waals surface area contributed by atoms with E-state index in [1.807, 2.05) is 0 Å². The third-order valence-corrected chi connectivity index (χ3v) is 2.23. The highest BCUT2D eigenvalue weighted by atomic mass is 32.2. The van der Waals surface area contributed by atoms with Crippen molar-refractivity contribution in [1.82, 2.24) is 0 Å². The zero-order valence-electron chi connectivity index (χ0n) is 8.25. The fourth-order valence-electron chi connectivity index (χ4n) is 1.06. The summed E-state index contributed by atoms with van der Waals surface area (Å²) in [6, 6.07) is 6.07. The zero-order chi connectivity index (χ0) is 11.5. The van der Waals surface area contributed by atoms with Crippen molar-refractivity contribution in [2.24, 2.45) is 5.73 Å². The Labute approximate surface area is 88.6 Å². The molecule has 1 aromatic carbocycles. The Hall–Kier alpha value is -1.11. The van der Waals surface area contributed by atoms with Crippen LogP contribution in [0, 0.1) is 0 Å². The first-order valence-electron chi connectivity index (χ1n) is 4.30. The van der Waals surface area contributed by atoms with Gasteiger partial charge in [0, 0.05) is 6.54 Å². The van der Waals surface area contributed by atoms with Crippen LogP contribution in [0.15, 0.2) is 24.3 Å². The molecule has 1 aromatic rings. The van der Waals surface area contributed by atoms with Crippen LogP contribution >= 0.6 is 0 Å². The smallest absolute Gasteiger partial charge is 0.306 e. The van der Waals surface area contributed by atoms with Gasteiger partial charge >= 0.3 is 10.1 Å². The third-order valence-electron chi connectivity index (χ3n) is 1.74. The normalized spacial score (nSPS) is 13.5. The van der Waals surface area contributed by atoms with E-state index in [4.69, 9.17) is 5.73 Å². The van der Waals surface area contributed by atoms with Gasteiger partial charge in [0.1, 0.15) is 5.75 Å². The summed E-state index contributed by atoms with van der Waals surface area (Å²) >= 11 is 0. The Bertz CT molecular complexity index is 412. The van der Waals surface area contributed by atoms with Crippen LogP contribution in [0.3, 0.4) is 0 Å². The van der Waals surface area contributed by atoms with E-state index in [0.29, 0.717) is 5.56 Å². The average molecular weight is 231 g/mol. The minimum atomic E-state index is -3.50. The molecule has 0 aromatic heterocycles. The standard InChI is InChI=1S/C9H13NO4S/c1-15(12,13)14-8-4-2-7(3-5-8)9(11)6-10/h2-5,9,11H,6,10H2,1H3. The van der Waals surface area contributed by atoms with Gasteiger partial charge in [-0.2, -0.15) is 8.42 Å². The minimum absolute atomic E-state index is 0.117. The van der Waals surface area contributed by atoms with Gasteiger partial charge in [-0.05, 0) is 17.7 Å². The highest BCUT2D eigenvalue weighted by Gasteiger charge is 2.07. The number of benzene rings is 1. The molecule has 15 heavy (non-hydrogen) atoms. The number of nitrogens with two attached hydrogens (primary N) is 1. The molecule has 3 N–H and O–H groups in total. The molecule has 1 atom stereocenters. The maximum Gasteiger partial charge on any atom is 0.306 e. The lowest BCUT2D eigenvalue weighted by Crippen LogP contribution is -2.11. The van der Waals surface area contributed by atoms with Crippen LogP contribution in [0.5, 0.6) is 5.75 Å². The van der Waals surface area contributed by atoms with E-state index in [1.54, 1.807) is 12.1 Å². The van der Waals surface area contributed by atoms with Crippen LogP contribution in [-0.2, 0) is 10.1 Å². The van der Waals surface area contributed by atoms with Gasteiger partial charge < -0.3 is 15.0 Å². The molecule has 0 radical (unpaired) electrons. The summed E-state index contributed by atoms with van der Waals surface area (Å²) in [6.07, 6.45) is 0.229. The molecule has 0 heterocycles. The number of aliphatic hydroxyl groups excluding tert-OH is 1. The number of hydrogen-bond donors (Lipinski definition) is 2. The van der Waals surface area contributed by atoms with Crippen molar-refractivity contribution in [3.05, 3.63) is 29.8 Å². The van der Waals surface area contributed by atoms with Crippen LogP contribution < -0.4 is 9.92 Å². The van der Waals surface area contributed by atoms with Crippen LogP contribution in [0.4, 0.5) is 0 Å². The Kier molecular flexibility index (Phi) is 3.67. The van der Waals surface area contributed by atoms with E-state index >= 15 is 0 Å². The quantitative estimate of drug-likeness (QED) is 0.713. The van der Waals surface area contributed by atoms with Gasteiger partial charge in [0.2, 0.25) is 0 Å². The molecule has 0 fully saturated rings. The van der Waals surface area contributed by atoms with E-state index in [9.17, 15) is 13.5 Å². The van der Waals surface area contributed by atoms with Crippen molar-refractivity contribution < 1.29 is 17.7 Å². The summed E-state index contributed by atoms with van der Waals surface area (Å²) in [4.78, 5) is 0. The van der Waals surface area contributed by atoms with Crippen LogP contribution in [0.1, 0.15) is 11.7 Å². The maximum atomic E-state index is 10.8. The zero-order valence-corrected chi connectivity index (χ0v) is 9.07. The number of hydrogen-bond acceptors (Lipinski definition) is 5. The first kappa shape index (κ1) is 12.0. The SMILES string of the molecule is CS(=O)(=O)Oc1ccc(C(O)CN)cc1. The maximum absolute atomic E-state index is 10.8. The second-order valence-corrected chi connectivity index (χ2v) is 4.68. The second-order valence-electron chi connectivity index (χ2n) is 3.11. The van der Waals surface area contributed by atoms with Gasteiger partial charge in [-0.3, -0.25) is 0 Å². The van der Waals surface area contributed by atoms with Crippen LogP contribution in [0.2, 0.25) is 0 Å². The molecule has 0 aliphatic heterocycles. The van der Waals surface area contributed by atoms with Gasteiger partial charge in [-0.15, -0.1) is 0 Å². The van der Waals surface area contributed by atoms with Gasteiger partial charge in [-0.1, -0.05) is 12.1 Å². The molecular weight excluding hydrogens is 218 g/mol. The molecule has 1 rings (SSSR count). The highest BCUT2D eigenvalue weighted by Crippen LogP contribution is 2.17. The lowest BCUT2D eigenvalue weighted by atomic mass is 10.1. The molecule has 0 saturated carbocycles. The molecule has 0 spiro atoms. The minimum Gasteiger partial charge on any atom is -0.387 e. The fourth-order valence-corrected chi connectivity index (χ4v) is 1.52. The van der Waals surface area contributed by atoms with Gasteiger partial charge in [0.25, 0.3) is 0 Å². The second kappa shape index (κ2) is 4.61. The Morgan fingerprint density at radius 1 is 1.40 bits per heavy atom. The highest BCUT2D eigenvalue weighted by molar-refractivity contribution is 7.86. The molecule has 5 nitrogen and oxygen atoms in total. The first-order valence-corrected chi connectivity index (χ1v) is 6.11. The molecule has 1 unspecified atom stereocenters. The van der Waals surface area contributed by atoms with Gasteiger partial charge in [0.15, 0.2) is 0 Å². The average Bonchev–Trinajstić information content (AvgIpc) is 2.15. The molecule has 0 aliphatic carbocycles.